The predicted octanol–water partition coefficient (Wildman–Crippen LogP) is 3.14. The maximum atomic E-state index is 13.8. The van der Waals surface area contributed by atoms with Crippen molar-refractivity contribution in [1.29, 1.82) is 0 Å². The molecule has 0 bridgehead atoms. The van der Waals surface area contributed by atoms with Crippen LogP contribution in [0, 0.1) is 11.2 Å². The van der Waals surface area contributed by atoms with Crippen LogP contribution in [0.4, 0.5) is 10.1 Å². The second-order valence-corrected chi connectivity index (χ2v) is 5.46. The molecule has 0 spiro atoms. The van der Waals surface area contributed by atoms with Crippen LogP contribution in [0.5, 0.6) is 0 Å². The predicted molar refractivity (Wildman–Crippen MR) is 77.5 cm³/mol. The van der Waals surface area contributed by atoms with Crippen molar-refractivity contribution in [1.82, 2.24) is 0 Å². The molecule has 1 aliphatic rings. The molecule has 1 aromatic rings. The minimum Gasteiger partial charge on any atom is -0.481 e. The molecule has 1 fully saturated rings. The molecule has 2 rings (SSSR count). The number of benzene rings is 1. The Morgan fingerprint density at radius 2 is 2.14 bits per heavy atom. The van der Waals surface area contributed by atoms with Crippen LogP contribution in [0.2, 0.25) is 0 Å². The quantitative estimate of drug-likeness (QED) is 0.791. The summed E-state index contributed by atoms with van der Waals surface area (Å²) in [5.74, 6) is -1.84. The van der Waals surface area contributed by atoms with Crippen molar-refractivity contribution >= 4 is 17.6 Å². The first kappa shape index (κ1) is 15.2. The third-order valence-corrected chi connectivity index (χ3v) is 3.98. The first-order chi connectivity index (χ1) is 9.97. The van der Waals surface area contributed by atoms with Crippen LogP contribution in [0.15, 0.2) is 30.9 Å². The first-order valence-corrected chi connectivity index (χ1v) is 6.89. The summed E-state index contributed by atoms with van der Waals surface area (Å²) in [7, 11) is 0. The van der Waals surface area contributed by atoms with Gasteiger partial charge in [0.05, 0.1) is 11.8 Å². The molecule has 4 nitrogen and oxygen atoms in total. The number of carboxylic acid groups (broad SMARTS) is 1. The third kappa shape index (κ3) is 3.29. The van der Waals surface area contributed by atoms with E-state index in [1.165, 1.54) is 12.1 Å². The number of carbonyl (C=O) groups is 2. The summed E-state index contributed by atoms with van der Waals surface area (Å²) in [6, 6.07) is 4.08. The third-order valence-electron chi connectivity index (χ3n) is 3.98. The van der Waals surface area contributed by atoms with E-state index < -0.39 is 17.2 Å². The Balaban J connectivity index is 2.09. The van der Waals surface area contributed by atoms with E-state index in [4.69, 9.17) is 5.11 Å². The van der Waals surface area contributed by atoms with Gasteiger partial charge in [-0.1, -0.05) is 18.6 Å². The van der Waals surface area contributed by atoms with Crippen molar-refractivity contribution in [2.24, 2.45) is 5.41 Å². The fourth-order valence-electron chi connectivity index (χ4n) is 2.60. The molecule has 0 aromatic heterocycles. The molecule has 112 valence electrons. The maximum Gasteiger partial charge on any atom is 0.307 e. The number of amides is 1. The molecule has 0 heterocycles. The van der Waals surface area contributed by atoms with Gasteiger partial charge in [0, 0.05) is 5.69 Å². The van der Waals surface area contributed by atoms with E-state index in [9.17, 15) is 14.0 Å². The molecule has 1 saturated carbocycles. The fourth-order valence-corrected chi connectivity index (χ4v) is 2.60. The van der Waals surface area contributed by atoms with Gasteiger partial charge in [0.25, 0.3) is 0 Å². The molecule has 1 aromatic carbocycles. The molecule has 1 aliphatic carbocycles. The lowest BCUT2D eigenvalue weighted by Crippen LogP contribution is -2.41. The Hall–Kier alpha value is -2.17. The van der Waals surface area contributed by atoms with Gasteiger partial charge < -0.3 is 10.4 Å². The molecular formula is C16H18FNO3. The van der Waals surface area contributed by atoms with Crippen molar-refractivity contribution in [2.75, 3.05) is 5.32 Å². The molecule has 0 aliphatic heterocycles. The second kappa shape index (κ2) is 6.08. The number of carboxylic acids is 1. The molecule has 0 radical (unpaired) electrons. The van der Waals surface area contributed by atoms with Crippen LogP contribution < -0.4 is 5.32 Å². The van der Waals surface area contributed by atoms with E-state index in [2.05, 4.69) is 11.9 Å². The highest BCUT2D eigenvalue weighted by Crippen LogP contribution is 2.45. The zero-order valence-electron chi connectivity index (χ0n) is 11.7. The van der Waals surface area contributed by atoms with Crippen molar-refractivity contribution < 1.29 is 19.1 Å². The number of anilines is 1. The zero-order valence-corrected chi connectivity index (χ0v) is 11.7. The van der Waals surface area contributed by atoms with E-state index in [0.29, 0.717) is 12.1 Å². The van der Waals surface area contributed by atoms with Gasteiger partial charge >= 0.3 is 5.97 Å². The Bertz CT molecular complexity index is 579. The molecule has 1 amide bonds. The molecule has 2 N–H and O–H groups in total. The largest absolute Gasteiger partial charge is 0.481 e. The summed E-state index contributed by atoms with van der Waals surface area (Å²) in [5, 5.41) is 11.4. The van der Waals surface area contributed by atoms with Gasteiger partial charge in [-0.05, 0) is 37.0 Å². The number of carbonyl (C=O) groups excluding carboxylic acids is 1. The zero-order chi connectivity index (χ0) is 15.5. The molecule has 0 unspecified atom stereocenters. The molecule has 5 heteroatoms. The van der Waals surface area contributed by atoms with E-state index in [0.717, 1.165) is 25.3 Å². The Morgan fingerprint density at radius 1 is 1.43 bits per heavy atom. The molecule has 0 saturated heterocycles. The van der Waals surface area contributed by atoms with Gasteiger partial charge in [0.1, 0.15) is 5.82 Å². The van der Waals surface area contributed by atoms with Crippen LogP contribution in [0.1, 0.15) is 31.2 Å². The van der Waals surface area contributed by atoms with E-state index >= 15 is 0 Å². The summed E-state index contributed by atoms with van der Waals surface area (Å²) in [5.41, 5.74) is 0.0322. The second-order valence-electron chi connectivity index (χ2n) is 5.46. The van der Waals surface area contributed by atoms with Gasteiger partial charge in [-0.15, -0.1) is 6.58 Å². The van der Waals surface area contributed by atoms with Crippen LogP contribution in [0.3, 0.4) is 0 Å². The minimum absolute atomic E-state index is 0.102. The number of aliphatic carboxylic acids is 1. The number of hydrogen-bond donors (Lipinski definition) is 2. The van der Waals surface area contributed by atoms with Gasteiger partial charge in [0.2, 0.25) is 5.91 Å². The lowest BCUT2D eigenvalue weighted by molar-refractivity contribution is -0.136. The number of allylic oxidation sites excluding steroid dienone is 1. The van der Waals surface area contributed by atoms with Gasteiger partial charge in [-0.3, -0.25) is 9.59 Å². The first-order valence-electron chi connectivity index (χ1n) is 6.89. The van der Waals surface area contributed by atoms with Gasteiger partial charge in [-0.25, -0.2) is 4.39 Å². The van der Waals surface area contributed by atoms with Crippen molar-refractivity contribution in [2.45, 2.75) is 32.1 Å². The fraction of sp³-hybridized carbons (Fsp3) is 0.375. The summed E-state index contributed by atoms with van der Waals surface area (Å²) in [6.07, 6.45) is 4.59. The number of rotatable bonds is 6. The van der Waals surface area contributed by atoms with E-state index in [1.54, 1.807) is 6.08 Å². The monoisotopic (exact) mass is 291 g/mol. The summed E-state index contributed by atoms with van der Waals surface area (Å²) in [6.45, 7) is 3.67. The number of halogens is 1. The van der Waals surface area contributed by atoms with Crippen LogP contribution in [-0.2, 0) is 16.0 Å². The molecule has 0 atom stereocenters. The SMILES string of the molecule is C=CCC1(C(=O)Nc2ccc(CC(=O)O)c(F)c2)CCC1. The highest BCUT2D eigenvalue weighted by atomic mass is 19.1. The van der Waals surface area contributed by atoms with Crippen LogP contribution in [-0.4, -0.2) is 17.0 Å². The highest BCUT2D eigenvalue weighted by molar-refractivity contribution is 5.96. The standard InChI is InChI=1S/C16H18FNO3/c1-2-6-16(7-3-8-16)15(21)18-12-5-4-11(9-14(19)20)13(17)10-12/h2,4-5,10H,1,3,6-9H2,(H,18,21)(H,19,20). The van der Waals surface area contributed by atoms with E-state index in [1.807, 2.05) is 0 Å². The molecule has 21 heavy (non-hydrogen) atoms. The topological polar surface area (TPSA) is 66.4 Å². The summed E-state index contributed by atoms with van der Waals surface area (Å²) in [4.78, 5) is 22.9. The smallest absolute Gasteiger partial charge is 0.307 e. The minimum atomic E-state index is -1.09. The normalized spacial score (nSPS) is 15.9. The highest BCUT2D eigenvalue weighted by Gasteiger charge is 2.42. The Kier molecular flexibility index (Phi) is 4.40. The van der Waals surface area contributed by atoms with Gasteiger partial charge in [-0.2, -0.15) is 0 Å². The van der Waals surface area contributed by atoms with Crippen LogP contribution in [0.25, 0.3) is 0 Å². The lowest BCUT2D eigenvalue weighted by atomic mass is 9.66. The number of hydrogen-bond acceptors (Lipinski definition) is 2. The van der Waals surface area contributed by atoms with Crippen LogP contribution >= 0.6 is 0 Å². The maximum absolute atomic E-state index is 13.8. The average Bonchev–Trinajstić information content (AvgIpc) is 2.36. The lowest BCUT2D eigenvalue weighted by Gasteiger charge is -2.39. The molecular weight excluding hydrogens is 273 g/mol. The van der Waals surface area contributed by atoms with E-state index in [-0.39, 0.29) is 17.9 Å². The average molecular weight is 291 g/mol. The van der Waals surface area contributed by atoms with Crippen molar-refractivity contribution in [3.05, 3.63) is 42.2 Å². The van der Waals surface area contributed by atoms with Gasteiger partial charge in [0.15, 0.2) is 0 Å². The summed E-state index contributed by atoms with van der Waals surface area (Å²) < 4.78 is 13.8. The van der Waals surface area contributed by atoms with Crippen molar-refractivity contribution in [3.8, 4) is 0 Å². The van der Waals surface area contributed by atoms with Crippen molar-refractivity contribution in [3.63, 3.8) is 0 Å². The number of nitrogens with one attached hydrogen (secondary N) is 1. The summed E-state index contributed by atoms with van der Waals surface area (Å²) >= 11 is 0. The Labute approximate surface area is 122 Å². The Morgan fingerprint density at radius 3 is 2.62 bits per heavy atom.